The molecule has 0 amide bonds. The lowest BCUT2D eigenvalue weighted by Crippen LogP contribution is -2.05. The van der Waals surface area contributed by atoms with Crippen molar-refractivity contribution in [3.05, 3.63) is 118 Å². The number of hydrogen-bond acceptors (Lipinski definition) is 3. The Morgan fingerprint density at radius 3 is 1.54 bits per heavy atom. The third-order valence-corrected chi connectivity index (χ3v) is 14.2. The molecule has 3 nitrogen and oxygen atoms in total. The van der Waals surface area contributed by atoms with Gasteiger partial charge in [-0.2, -0.15) is 0 Å². The number of rotatable bonds is 5. The highest BCUT2D eigenvalue weighted by Gasteiger charge is 2.50. The van der Waals surface area contributed by atoms with Crippen molar-refractivity contribution in [2.75, 3.05) is 6.16 Å². The lowest BCUT2D eigenvalue weighted by atomic mass is 10.0. The van der Waals surface area contributed by atoms with Crippen LogP contribution >= 0.6 is 15.8 Å². The lowest BCUT2D eigenvalue weighted by Gasteiger charge is -2.29. The van der Waals surface area contributed by atoms with E-state index in [0.717, 1.165) is 42.5 Å². The van der Waals surface area contributed by atoms with Crippen LogP contribution in [-0.4, -0.2) is 18.1 Å². The fourth-order valence-electron chi connectivity index (χ4n) is 6.04. The third-order valence-electron chi connectivity index (χ3n) is 7.53. The van der Waals surface area contributed by atoms with Crippen molar-refractivity contribution in [3.8, 4) is 0 Å². The predicted octanol–water partition coefficient (Wildman–Crippen LogP) is 8.06. The van der Waals surface area contributed by atoms with Gasteiger partial charge in [0, 0.05) is 17.0 Å². The molecular weight excluding hydrogens is 470 g/mol. The quantitative estimate of drug-likeness (QED) is 0.203. The zero-order chi connectivity index (χ0) is 23.8. The number of carbonyl (C=O) groups excluding carboxylic acids is 2. The van der Waals surface area contributed by atoms with Crippen LogP contribution in [0.15, 0.2) is 102 Å². The molecule has 3 aliphatic heterocycles. The van der Waals surface area contributed by atoms with Gasteiger partial charge in [-0.15, -0.1) is 0 Å². The highest BCUT2D eigenvalue weighted by molar-refractivity contribution is 7.69. The number of cyclic esters (lactones) is 2. The number of esters is 2. The standard InChI is InChI=1S/C30H28O3P2/c31-29-27(34-20-10-17-24(34)21-11-4-1-5-12-21)28(30(32)33-29)35-25(22-13-6-2-7-14-22)18-19-26(35)23-15-8-3-9-16-23/h1-9,11-16,24-26H,10,17-20H2/t24?,25-,26-,34?/m1/s1. The molecule has 0 saturated carbocycles. The minimum Gasteiger partial charge on any atom is -0.386 e. The van der Waals surface area contributed by atoms with E-state index in [-0.39, 0.29) is 23.3 Å². The second-order valence-corrected chi connectivity index (χ2v) is 14.4. The van der Waals surface area contributed by atoms with Crippen molar-refractivity contribution < 1.29 is 14.3 Å². The van der Waals surface area contributed by atoms with E-state index in [1.165, 1.54) is 16.7 Å². The maximum atomic E-state index is 13.5. The van der Waals surface area contributed by atoms with Gasteiger partial charge in [-0.3, -0.25) is 0 Å². The zero-order valence-electron chi connectivity index (χ0n) is 19.5. The third kappa shape index (κ3) is 4.20. The summed E-state index contributed by atoms with van der Waals surface area (Å²) in [6.07, 6.45) is 5.19. The van der Waals surface area contributed by atoms with E-state index < -0.39 is 15.8 Å². The molecule has 2 unspecified atom stereocenters. The number of ether oxygens (including phenoxy) is 1. The first-order chi connectivity index (χ1) is 17.2. The van der Waals surface area contributed by atoms with Gasteiger partial charge >= 0.3 is 11.9 Å². The first-order valence-corrected chi connectivity index (χ1v) is 15.5. The van der Waals surface area contributed by atoms with Crippen LogP contribution in [0.1, 0.15) is 59.4 Å². The van der Waals surface area contributed by atoms with E-state index in [2.05, 4.69) is 72.8 Å². The van der Waals surface area contributed by atoms with Crippen LogP contribution < -0.4 is 0 Å². The highest BCUT2D eigenvalue weighted by atomic mass is 31.1. The van der Waals surface area contributed by atoms with E-state index in [1.54, 1.807) is 0 Å². The van der Waals surface area contributed by atoms with Gasteiger partial charge in [0.05, 0.1) is 10.6 Å². The highest BCUT2D eigenvalue weighted by Crippen LogP contribution is 2.78. The molecule has 35 heavy (non-hydrogen) atoms. The molecule has 3 aromatic rings. The maximum absolute atomic E-state index is 13.5. The van der Waals surface area contributed by atoms with Crippen LogP contribution in [0.5, 0.6) is 0 Å². The van der Waals surface area contributed by atoms with Crippen molar-refractivity contribution in [2.45, 2.75) is 42.7 Å². The van der Waals surface area contributed by atoms with Gasteiger partial charge < -0.3 is 4.74 Å². The van der Waals surface area contributed by atoms with Crippen molar-refractivity contribution in [2.24, 2.45) is 0 Å². The fraction of sp³-hybridized carbons (Fsp3) is 0.267. The Morgan fingerprint density at radius 1 is 0.571 bits per heavy atom. The fourth-order valence-corrected chi connectivity index (χ4v) is 13.3. The molecule has 2 saturated heterocycles. The Bertz CT molecular complexity index is 1210. The summed E-state index contributed by atoms with van der Waals surface area (Å²) < 4.78 is 5.44. The molecule has 0 aromatic heterocycles. The monoisotopic (exact) mass is 498 g/mol. The largest absolute Gasteiger partial charge is 0.386 e. The first-order valence-electron chi connectivity index (χ1n) is 12.4. The molecule has 4 atom stereocenters. The van der Waals surface area contributed by atoms with Gasteiger partial charge in [0.15, 0.2) is 0 Å². The van der Waals surface area contributed by atoms with Gasteiger partial charge in [-0.05, 0) is 48.5 Å². The molecule has 0 aliphatic carbocycles. The number of hydrogen-bond donors (Lipinski definition) is 0. The van der Waals surface area contributed by atoms with E-state index in [0.29, 0.717) is 5.66 Å². The normalized spacial score (nSPS) is 27.0. The summed E-state index contributed by atoms with van der Waals surface area (Å²) in [7, 11) is -1.72. The van der Waals surface area contributed by atoms with Crippen LogP contribution in [0.3, 0.4) is 0 Å². The number of carbonyl (C=O) groups is 2. The van der Waals surface area contributed by atoms with Crippen molar-refractivity contribution in [1.82, 2.24) is 0 Å². The Labute approximate surface area is 209 Å². The molecule has 0 spiro atoms. The van der Waals surface area contributed by atoms with Crippen LogP contribution in [-0.2, 0) is 14.3 Å². The summed E-state index contributed by atoms with van der Waals surface area (Å²) in [5.41, 5.74) is 4.66. The first kappa shape index (κ1) is 22.8. The summed E-state index contributed by atoms with van der Waals surface area (Å²) in [6.45, 7) is 0. The maximum Gasteiger partial charge on any atom is 0.347 e. The molecular formula is C30H28O3P2. The Hall–Kier alpha value is -2.60. The van der Waals surface area contributed by atoms with Crippen LogP contribution in [0.4, 0.5) is 0 Å². The van der Waals surface area contributed by atoms with Crippen molar-refractivity contribution in [1.29, 1.82) is 0 Å². The summed E-state index contributed by atoms with van der Waals surface area (Å²) in [5, 5.41) is 1.50. The second kappa shape index (κ2) is 9.81. The van der Waals surface area contributed by atoms with Gasteiger partial charge in [-0.25, -0.2) is 9.59 Å². The van der Waals surface area contributed by atoms with Gasteiger partial charge in [0.2, 0.25) is 0 Å². The topological polar surface area (TPSA) is 43.4 Å². The van der Waals surface area contributed by atoms with E-state index >= 15 is 0 Å². The summed E-state index contributed by atoms with van der Waals surface area (Å²) in [5.74, 6) is -0.743. The summed E-state index contributed by atoms with van der Waals surface area (Å²) >= 11 is 0. The SMILES string of the molecule is O=C1OC(=O)C(P2[C@@H](c3ccccc3)CC[C@@H]2c2ccccc2)=C1P1CCCC1c1ccccc1. The molecule has 3 aliphatic rings. The van der Waals surface area contributed by atoms with Gasteiger partial charge in [0.1, 0.15) is 0 Å². The Balaban J connectivity index is 1.49. The molecule has 0 bridgehead atoms. The van der Waals surface area contributed by atoms with Crippen LogP contribution in [0, 0.1) is 0 Å². The smallest absolute Gasteiger partial charge is 0.347 e. The Kier molecular flexibility index (Phi) is 6.40. The second-order valence-electron chi connectivity index (χ2n) is 9.47. The molecule has 3 aromatic carbocycles. The van der Waals surface area contributed by atoms with E-state index in [9.17, 15) is 9.59 Å². The van der Waals surface area contributed by atoms with Crippen LogP contribution in [0.25, 0.3) is 0 Å². The zero-order valence-corrected chi connectivity index (χ0v) is 21.3. The Morgan fingerprint density at radius 2 is 1.03 bits per heavy atom. The van der Waals surface area contributed by atoms with Crippen molar-refractivity contribution in [3.63, 3.8) is 0 Å². The minimum absolute atomic E-state index is 0.257. The minimum atomic E-state index is -0.935. The van der Waals surface area contributed by atoms with Crippen molar-refractivity contribution >= 4 is 27.8 Å². The van der Waals surface area contributed by atoms with Gasteiger partial charge in [0.25, 0.3) is 0 Å². The molecule has 6 rings (SSSR count). The molecule has 0 N–H and O–H groups in total. The lowest BCUT2D eigenvalue weighted by molar-refractivity contribution is -0.150. The number of benzene rings is 3. The summed E-state index contributed by atoms with van der Waals surface area (Å²) in [6, 6.07) is 31.7. The molecule has 5 heteroatoms. The average Bonchev–Trinajstić information content (AvgIpc) is 3.62. The average molecular weight is 498 g/mol. The van der Waals surface area contributed by atoms with Gasteiger partial charge in [-0.1, -0.05) is 107 Å². The molecule has 176 valence electrons. The summed E-state index contributed by atoms with van der Waals surface area (Å²) in [4.78, 5) is 26.8. The van der Waals surface area contributed by atoms with Crippen LogP contribution in [0.2, 0.25) is 0 Å². The van der Waals surface area contributed by atoms with E-state index in [4.69, 9.17) is 4.74 Å². The predicted molar refractivity (Wildman–Crippen MR) is 143 cm³/mol. The molecule has 0 radical (unpaired) electrons. The van der Waals surface area contributed by atoms with E-state index in [1.807, 2.05) is 18.2 Å². The molecule has 3 heterocycles. The molecule has 2 fully saturated rings.